The van der Waals surface area contributed by atoms with Crippen LogP contribution in [0.5, 0.6) is 0 Å². The molecular formula is C25H22Cl2N6O3S2. The summed E-state index contributed by atoms with van der Waals surface area (Å²) in [6.07, 6.45) is 10.0. The number of nitrogens with zero attached hydrogens (tertiary/aromatic N) is 4. The zero-order valence-electron chi connectivity index (χ0n) is 19.9. The second kappa shape index (κ2) is 11.2. The summed E-state index contributed by atoms with van der Waals surface area (Å²) in [5, 5.41) is 7.27. The monoisotopic (exact) mass is 588 g/mol. The Balaban J connectivity index is 1.25. The Labute approximate surface area is 233 Å². The van der Waals surface area contributed by atoms with Crippen LogP contribution in [0.25, 0.3) is 17.0 Å². The molecule has 1 aliphatic rings. The van der Waals surface area contributed by atoms with Gasteiger partial charge < -0.3 is 5.32 Å². The van der Waals surface area contributed by atoms with Crippen molar-refractivity contribution in [2.24, 2.45) is 0 Å². The number of sulfonamides is 1. The summed E-state index contributed by atoms with van der Waals surface area (Å²) in [6.45, 7) is 0.641. The van der Waals surface area contributed by atoms with Gasteiger partial charge in [0.25, 0.3) is 10.0 Å². The first kappa shape index (κ1) is 26.4. The number of halogens is 2. The molecule has 3 heterocycles. The normalized spacial score (nSPS) is 14.3. The minimum Gasteiger partial charge on any atom is -0.334 e. The highest BCUT2D eigenvalue weighted by Gasteiger charge is 2.22. The molecule has 3 aromatic heterocycles. The molecule has 196 valence electrons. The number of fused-ring (bicyclic) bond motifs is 1. The molecule has 1 aromatic carbocycles. The van der Waals surface area contributed by atoms with Gasteiger partial charge in [0.2, 0.25) is 0 Å². The summed E-state index contributed by atoms with van der Waals surface area (Å²) < 4.78 is 28.7. The number of hydrogen-bond acceptors (Lipinski definition) is 7. The maximum absolute atomic E-state index is 12.4. The fourth-order valence-corrected chi connectivity index (χ4v) is 6.97. The summed E-state index contributed by atoms with van der Waals surface area (Å²) in [6, 6.07) is 10.1. The molecule has 9 nitrogen and oxygen atoms in total. The Morgan fingerprint density at radius 2 is 1.87 bits per heavy atom. The van der Waals surface area contributed by atoms with Gasteiger partial charge in [-0.3, -0.25) is 4.68 Å². The first-order valence-corrected chi connectivity index (χ1v) is 14.7. The molecule has 2 amide bonds. The van der Waals surface area contributed by atoms with E-state index in [-0.39, 0.29) is 20.1 Å². The van der Waals surface area contributed by atoms with E-state index in [9.17, 15) is 13.2 Å². The number of hydrogen-bond donors (Lipinski definition) is 2. The number of amides is 2. The Kier molecular flexibility index (Phi) is 7.80. The van der Waals surface area contributed by atoms with Gasteiger partial charge in [-0.1, -0.05) is 59.6 Å². The summed E-state index contributed by atoms with van der Waals surface area (Å²) >= 11 is 12.5. The van der Waals surface area contributed by atoms with Crippen LogP contribution in [0.2, 0.25) is 9.36 Å². The third-order valence-corrected chi connectivity index (χ3v) is 9.58. The Hall–Kier alpha value is -3.25. The fraction of sp³-hybridized carbons (Fsp3) is 0.200. The van der Waals surface area contributed by atoms with Crippen molar-refractivity contribution in [1.82, 2.24) is 29.8 Å². The van der Waals surface area contributed by atoms with E-state index in [1.54, 1.807) is 12.4 Å². The molecule has 2 N–H and O–H groups in total. The zero-order chi connectivity index (χ0) is 26.7. The Bertz CT molecular complexity index is 1580. The number of benzene rings is 1. The van der Waals surface area contributed by atoms with Crippen LogP contribution < -0.4 is 10.0 Å². The highest BCUT2D eigenvalue weighted by molar-refractivity contribution is 7.92. The molecule has 0 aliphatic heterocycles. The lowest BCUT2D eigenvalue weighted by atomic mass is 9.92. The van der Waals surface area contributed by atoms with Crippen LogP contribution in [0.4, 0.5) is 4.79 Å². The Morgan fingerprint density at radius 3 is 2.58 bits per heavy atom. The summed E-state index contributed by atoms with van der Waals surface area (Å²) in [7, 11) is -4.08. The first-order valence-electron chi connectivity index (χ1n) is 11.7. The van der Waals surface area contributed by atoms with E-state index in [0.29, 0.717) is 12.4 Å². The number of nitrogens with one attached hydrogen (secondary N) is 2. The van der Waals surface area contributed by atoms with Crippen LogP contribution in [0, 0.1) is 0 Å². The van der Waals surface area contributed by atoms with Gasteiger partial charge in [0.15, 0.2) is 5.82 Å². The van der Waals surface area contributed by atoms with Gasteiger partial charge in [-0.15, -0.1) is 11.3 Å². The topological polar surface area (TPSA) is 119 Å². The maximum Gasteiger partial charge on any atom is 0.328 e. The minimum absolute atomic E-state index is 0.116. The maximum atomic E-state index is 12.4. The molecule has 0 saturated heterocycles. The van der Waals surface area contributed by atoms with Crippen molar-refractivity contribution in [3.05, 3.63) is 87.2 Å². The van der Waals surface area contributed by atoms with Crippen molar-refractivity contribution in [3.63, 3.8) is 0 Å². The van der Waals surface area contributed by atoms with Gasteiger partial charge in [0.05, 0.1) is 23.5 Å². The molecule has 1 aliphatic carbocycles. The van der Waals surface area contributed by atoms with Crippen molar-refractivity contribution in [2.75, 3.05) is 6.54 Å². The summed E-state index contributed by atoms with van der Waals surface area (Å²) in [4.78, 5) is 21.3. The predicted molar refractivity (Wildman–Crippen MR) is 148 cm³/mol. The van der Waals surface area contributed by atoms with Crippen LogP contribution in [0.3, 0.4) is 0 Å². The molecule has 13 heteroatoms. The van der Waals surface area contributed by atoms with Crippen molar-refractivity contribution in [2.45, 2.75) is 30.0 Å². The average molecular weight is 590 g/mol. The van der Waals surface area contributed by atoms with Crippen LogP contribution in [-0.2, 0) is 23.0 Å². The molecule has 0 bridgehead atoms. The van der Waals surface area contributed by atoms with E-state index in [4.69, 9.17) is 23.2 Å². The SMILES string of the molecule is O=C(NCC=C1CCCc2cnn(Cc3cnc(-c4ccccc4)nc3)c21)NS(=O)(=O)c1cc(Cl)c(Cl)s1. The van der Waals surface area contributed by atoms with Gasteiger partial charge in [0.1, 0.15) is 8.55 Å². The highest BCUT2D eigenvalue weighted by Crippen LogP contribution is 2.34. The molecule has 0 unspecified atom stereocenters. The number of urea groups is 1. The molecule has 38 heavy (non-hydrogen) atoms. The van der Waals surface area contributed by atoms with Gasteiger partial charge in [-0.2, -0.15) is 5.10 Å². The molecule has 0 atom stereocenters. The van der Waals surface area contributed by atoms with E-state index < -0.39 is 16.1 Å². The Morgan fingerprint density at radius 1 is 1.11 bits per heavy atom. The number of aryl methyl sites for hydroxylation is 1. The smallest absolute Gasteiger partial charge is 0.328 e. The second-order valence-corrected chi connectivity index (χ2v) is 12.5. The van der Waals surface area contributed by atoms with E-state index in [1.807, 2.05) is 52.0 Å². The van der Waals surface area contributed by atoms with E-state index >= 15 is 0 Å². The van der Waals surface area contributed by atoms with E-state index in [1.165, 1.54) is 6.07 Å². The van der Waals surface area contributed by atoms with Gasteiger partial charge in [-0.05, 0) is 36.5 Å². The van der Waals surface area contributed by atoms with Crippen LogP contribution in [-0.4, -0.2) is 40.7 Å². The number of rotatable bonds is 7. The fourth-order valence-electron chi connectivity index (χ4n) is 4.17. The van der Waals surface area contributed by atoms with Gasteiger partial charge in [-0.25, -0.2) is 27.9 Å². The van der Waals surface area contributed by atoms with Crippen LogP contribution >= 0.6 is 34.5 Å². The van der Waals surface area contributed by atoms with Crippen molar-refractivity contribution in [3.8, 4) is 11.4 Å². The molecule has 4 aromatic rings. The minimum atomic E-state index is -4.08. The highest BCUT2D eigenvalue weighted by atomic mass is 35.5. The second-order valence-electron chi connectivity index (χ2n) is 8.54. The molecule has 0 fully saturated rings. The molecule has 0 spiro atoms. The van der Waals surface area contributed by atoms with Gasteiger partial charge in [0, 0.05) is 30.1 Å². The number of carbonyl (C=O) groups excluding carboxylic acids is 1. The van der Waals surface area contributed by atoms with Crippen molar-refractivity contribution in [1.29, 1.82) is 0 Å². The number of allylic oxidation sites excluding steroid dienone is 1. The molecule has 0 radical (unpaired) electrons. The first-order chi connectivity index (χ1) is 18.3. The molecule has 0 saturated carbocycles. The number of thiophene rings is 1. The van der Waals surface area contributed by atoms with Crippen LogP contribution in [0.15, 0.2) is 65.3 Å². The number of aromatic nitrogens is 4. The lowest BCUT2D eigenvalue weighted by molar-refractivity contribution is 0.247. The largest absolute Gasteiger partial charge is 0.334 e. The quantitative estimate of drug-likeness (QED) is 0.307. The summed E-state index contributed by atoms with van der Waals surface area (Å²) in [5.74, 6) is 0.661. The predicted octanol–water partition coefficient (Wildman–Crippen LogP) is 5.16. The third-order valence-electron chi connectivity index (χ3n) is 5.91. The van der Waals surface area contributed by atoms with Crippen molar-refractivity contribution < 1.29 is 13.2 Å². The molecular weight excluding hydrogens is 567 g/mol. The third kappa shape index (κ3) is 5.91. The van der Waals surface area contributed by atoms with Gasteiger partial charge >= 0.3 is 6.03 Å². The lowest BCUT2D eigenvalue weighted by Gasteiger charge is -2.18. The lowest BCUT2D eigenvalue weighted by Crippen LogP contribution is -2.39. The number of carbonyl (C=O) groups is 1. The summed E-state index contributed by atoms with van der Waals surface area (Å²) in [5.41, 5.74) is 5.03. The van der Waals surface area contributed by atoms with Crippen molar-refractivity contribution >= 4 is 56.2 Å². The average Bonchev–Trinajstić information content (AvgIpc) is 3.48. The van der Waals surface area contributed by atoms with E-state index in [2.05, 4.69) is 20.4 Å². The zero-order valence-corrected chi connectivity index (χ0v) is 23.0. The standard InChI is InChI=1S/C25H22Cl2N6O3S2/c26-20-11-21(37-23(20)27)38(35,36)32-25(34)28-10-9-17-7-4-8-19-14-31-33(22(17)19)15-16-12-29-24(30-13-16)18-5-2-1-3-6-18/h1-3,5-6,9,11-14H,4,7-8,10,15H2,(H2,28,32,34). The van der Waals surface area contributed by atoms with Crippen LogP contribution in [0.1, 0.15) is 29.7 Å². The molecule has 5 rings (SSSR count). The van der Waals surface area contributed by atoms with E-state index in [0.717, 1.165) is 58.6 Å².